The number of benzene rings is 1. The molecule has 1 aromatic carbocycles. The van der Waals surface area contributed by atoms with Crippen LogP contribution in [0.4, 0.5) is 0 Å². The van der Waals surface area contributed by atoms with Crippen LogP contribution in [-0.2, 0) is 6.54 Å². The van der Waals surface area contributed by atoms with Crippen LogP contribution in [0.2, 0.25) is 0 Å². The lowest BCUT2D eigenvalue weighted by molar-refractivity contribution is 0.0949. The normalized spacial score (nSPS) is 10.1. The molecule has 1 aromatic heterocycles. The number of halogens is 2. The summed E-state index contributed by atoms with van der Waals surface area (Å²) in [5.41, 5.74) is 1.44. The highest BCUT2D eigenvalue weighted by molar-refractivity contribution is 9.11. The molecule has 0 saturated heterocycles. The minimum Gasteiger partial charge on any atom is -0.346 e. The summed E-state index contributed by atoms with van der Waals surface area (Å²) in [7, 11) is 0. The van der Waals surface area contributed by atoms with Crippen molar-refractivity contribution < 1.29 is 4.79 Å². The zero-order chi connectivity index (χ0) is 13.0. The van der Waals surface area contributed by atoms with Gasteiger partial charge in [0, 0.05) is 15.1 Å². The van der Waals surface area contributed by atoms with Gasteiger partial charge in [0.25, 0.3) is 5.91 Å². The van der Waals surface area contributed by atoms with Gasteiger partial charge in [-0.05, 0) is 46.3 Å². The fourth-order valence-electron chi connectivity index (χ4n) is 1.44. The van der Waals surface area contributed by atoms with Crippen molar-refractivity contribution in [1.82, 2.24) is 10.3 Å². The zero-order valence-electron chi connectivity index (χ0n) is 9.36. The van der Waals surface area contributed by atoms with Crippen LogP contribution < -0.4 is 5.32 Å². The number of amides is 1. The topological polar surface area (TPSA) is 42.0 Å². The third-order valence-electron chi connectivity index (χ3n) is 2.33. The van der Waals surface area contributed by atoms with Crippen molar-refractivity contribution in [3.63, 3.8) is 0 Å². The minimum atomic E-state index is -0.125. The molecule has 1 heterocycles. The Bertz CT molecular complexity index is 558. The number of carbonyl (C=O) groups is 1. The van der Waals surface area contributed by atoms with Crippen molar-refractivity contribution in [2.24, 2.45) is 0 Å². The lowest BCUT2D eigenvalue weighted by atomic mass is 10.2. The van der Waals surface area contributed by atoms with Crippen LogP contribution in [0.1, 0.15) is 16.1 Å². The molecule has 18 heavy (non-hydrogen) atoms. The van der Waals surface area contributed by atoms with E-state index in [0.29, 0.717) is 12.1 Å². The molecular weight excluding hydrogens is 360 g/mol. The Kier molecular flexibility index (Phi) is 4.49. The molecule has 92 valence electrons. The third kappa shape index (κ3) is 3.40. The number of nitrogens with zero attached hydrogens (tertiary/aromatic N) is 1. The van der Waals surface area contributed by atoms with E-state index in [1.165, 1.54) is 0 Å². The molecule has 2 rings (SSSR count). The summed E-state index contributed by atoms with van der Waals surface area (Å²) in [4.78, 5) is 16.1. The Labute approximate surface area is 122 Å². The van der Waals surface area contributed by atoms with Gasteiger partial charge in [0.1, 0.15) is 0 Å². The first-order chi connectivity index (χ1) is 8.66. The van der Waals surface area contributed by atoms with Crippen LogP contribution in [0.25, 0.3) is 0 Å². The van der Waals surface area contributed by atoms with E-state index in [1.807, 2.05) is 30.3 Å². The molecule has 2 aromatic rings. The molecule has 0 unspecified atom stereocenters. The van der Waals surface area contributed by atoms with Crippen molar-refractivity contribution in [3.8, 4) is 0 Å². The summed E-state index contributed by atoms with van der Waals surface area (Å²) in [6.45, 7) is 0.419. The van der Waals surface area contributed by atoms with Gasteiger partial charge in [-0.1, -0.05) is 22.0 Å². The highest BCUT2D eigenvalue weighted by Gasteiger charge is 2.09. The second-order valence-electron chi connectivity index (χ2n) is 3.63. The van der Waals surface area contributed by atoms with Crippen LogP contribution in [0.3, 0.4) is 0 Å². The molecule has 3 nitrogen and oxygen atoms in total. The Morgan fingerprint density at radius 3 is 2.72 bits per heavy atom. The quantitative estimate of drug-likeness (QED) is 0.899. The van der Waals surface area contributed by atoms with Gasteiger partial charge in [0.2, 0.25) is 0 Å². The number of hydrogen-bond acceptors (Lipinski definition) is 2. The first-order valence-electron chi connectivity index (χ1n) is 5.30. The zero-order valence-corrected chi connectivity index (χ0v) is 12.5. The van der Waals surface area contributed by atoms with Gasteiger partial charge in [-0.3, -0.25) is 9.78 Å². The lowest BCUT2D eigenvalue weighted by Gasteiger charge is -2.06. The van der Waals surface area contributed by atoms with E-state index in [2.05, 4.69) is 42.2 Å². The second-order valence-corrected chi connectivity index (χ2v) is 5.40. The monoisotopic (exact) mass is 368 g/mol. The maximum atomic E-state index is 12.0. The Morgan fingerprint density at radius 2 is 2.06 bits per heavy atom. The molecule has 0 radical (unpaired) electrons. The van der Waals surface area contributed by atoms with Gasteiger partial charge >= 0.3 is 0 Å². The molecule has 1 amide bonds. The first-order valence-corrected chi connectivity index (χ1v) is 6.88. The van der Waals surface area contributed by atoms with Crippen LogP contribution in [0.15, 0.2) is 51.5 Å². The van der Waals surface area contributed by atoms with Gasteiger partial charge in [-0.25, -0.2) is 0 Å². The molecule has 0 fully saturated rings. The Balaban J connectivity index is 2.04. The van der Waals surface area contributed by atoms with Crippen molar-refractivity contribution in [2.75, 3.05) is 0 Å². The average molecular weight is 370 g/mol. The van der Waals surface area contributed by atoms with Crippen molar-refractivity contribution in [2.45, 2.75) is 6.54 Å². The van der Waals surface area contributed by atoms with Gasteiger partial charge in [-0.2, -0.15) is 0 Å². The number of pyridine rings is 1. The predicted molar refractivity (Wildman–Crippen MR) is 77.2 cm³/mol. The third-order valence-corrected chi connectivity index (χ3v) is 3.48. The van der Waals surface area contributed by atoms with Gasteiger partial charge in [0.15, 0.2) is 0 Å². The van der Waals surface area contributed by atoms with Gasteiger partial charge in [-0.15, -0.1) is 0 Å². The summed E-state index contributed by atoms with van der Waals surface area (Å²) in [6, 6.07) is 11.1. The highest BCUT2D eigenvalue weighted by atomic mass is 79.9. The standard InChI is InChI=1S/C13H10Br2N2O/c14-9-4-5-11(12(15)7-9)13(18)17-8-10-3-1-2-6-16-10/h1-7H,8H2,(H,17,18). The minimum absolute atomic E-state index is 0.125. The molecule has 0 saturated carbocycles. The molecule has 0 aliphatic heterocycles. The van der Waals surface area contributed by atoms with E-state index < -0.39 is 0 Å². The molecule has 0 aliphatic rings. The molecule has 0 bridgehead atoms. The summed E-state index contributed by atoms with van der Waals surface area (Å²) in [5, 5.41) is 2.83. The molecule has 0 atom stereocenters. The number of carbonyl (C=O) groups excluding carboxylic acids is 1. The maximum Gasteiger partial charge on any atom is 0.252 e. The van der Waals surface area contributed by atoms with Crippen molar-refractivity contribution in [3.05, 3.63) is 62.8 Å². The van der Waals surface area contributed by atoms with E-state index in [-0.39, 0.29) is 5.91 Å². The number of aromatic nitrogens is 1. The van der Waals surface area contributed by atoms with Crippen LogP contribution >= 0.6 is 31.9 Å². The molecular formula is C13H10Br2N2O. The smallest absolute Gasteiger partial charge is 0.252 e. The number of nitrogens with one attached hydrogen (secondary N) is 1. The lowest BCUT2D eigenvalue weighted by Crippen LogP contribution is -2.23. The molecule has 1 N–H and O–H groups in total. The highest BCUT2D eigenvalue weighted by Crippen LogP contribution is 2.21. The fraction of sp³-hybridized carbons (Fsp3) is 0.0769. The van der Waals surface area contributed by atoms with Crippen molar-refractivity contribution in [1.29, 1.82) is 0 Å². The van der Waals surface area contributed by atoms with Crippen LogP contribution in [-0.4, -0.2) is 10.9 Å². The SMILES string of the molecule is O=C(NCc1ccccn1)c1ccc(Br)cc1Br. The summed E-state index contributed by atoms with van der Waals surface area (Å²) in [6.07, 6.45) is 1.71. The van der Waals surface area contributed by atoms with Crippen LogP contribution in [0.5, 0.6) is 0 Å². The van der Waals surface area contributed by atoms with Gasteiger partial charge in [0.05, 0.1) is 17.8 Å². The van der Waals surface area contributed by atoms with E-state index in [1.54, 1.807) is 12.3 Å². The predicted octanol–water partition coefficient (Wildman–Crippen LogP) is 3.54. The largest absolute Gasteiger partial charge is 0.346 e. The second kappa shape index (κ2) is 6.11. The van der Waals surface area contributed by atoms with Gasteiger partial charge < -0.3 is 5.32 Å². The molecule has 5 heteroatoms. The average Bonchev–Trinajstić information content (AvgIpc) is 2.37. The van der Waals surface area contributed by atoms with E-state index >= 15 is 0 Å². The summed E-state index contributed by atoms with van der Waals surface area (Å²) < 4.78 is 1.69. The first kappa shape index (κ1) is 13.2. The van der Waals surface area contributed by atoms with E-state index in [9.17, 15) is 4.79 Å². The number of rotatable bonds is 3. The molecule has 0 aliphatic carbocycles. The maximum absolute atomic E-state index is 12.0. The van der Waals surface area contributed by atoms with Crippen LogP contribution in [0, 0.1) is 0 Å². The Hall–Kier alpha value is -1.20. The van der Waals surface area contributed by atoms with Crippen molar-refractivity contribution >= 4 is 37.8 Å². The fourth-order valence-corrected chi connectivity index (χ4v) is 2.67. The summed E-state index contributed by atoms with van der Waals surface area (Å²) >= 11 is 6.72. The number of hydrogen-bond donors (Lipinski definition) is 1. The molecule has 0 spiro atoms. The van der Waals surface area contributed by atoms with E-state index in [4.69, 9.17) is 0 Å². The summed E-state index contributed by atoms with van der Waals surface area (Å²) in [5.74, 6) is -0.125. The Morgan fingerprint density at radius 1 is 1.22 bits per heavy atom. The van der Waals surface area contributed by atoms with E-state index in [0.717, 1.165) is 14.6 Å².